The van der Waals surface area contributed by atoms with Crippen LogP contribution in [0.3, 0.4) is 0 Å². The quantitative estimate of drug-likeness (QED) is 0.827. The van der Waals surface area contributed by atoms with Crippen LogP contribution in [-0.2, 0) is 6.61 Å². The second-order valence-corrected chi connectivity index (χ2v) is 3.85. The van der Waals surface area contributed by atoms with Crippen LogP contribution in [-0.4, -0.2) is 10.1 Å². The summed E-state index contributed by atoms with van der Waals surface area (Å²) in [6.45, 7) is 0.00247. The summed E-state index contributed by atoms with van der Waals surface area (Å²) in [5.74, 6) is 0. The summed E-state index contributed by atoms with van der Waals surface area (Å²) in [6, 6.07) is 11.1. The van der Waals surface area contributed by atoms with Crippen molar-refractivity contribution in [1.29, 1.82) is 5.26 Å². The van der Waals surface area contributed by atoms with Gasteiger partial charge < -0.3 is 5.11 Å². The molecule has 0 saturated carbocycles. The standard InChI is InChI=1S/C13H9ClN2O/c14-13-12(7-15)11(5-6-16-13)10-3-1-9(8-17)2-4-10/h1-6,17H,8H2. The zero-order valence-corrected chi connectivity index (χ0v) is 9.65. The Morgan fingerprint density at radius 1 is 1.24 bits per heavy atom. The lowest BCUT2D eigenvalue weighted by Crippen LogP contribution is -1.89. The van der Waals surface area contributed by atoms with Crippen molar-refractivity contribution in [3.05, 3.63) is 52.8 Å². The van der Waals surface area contributed by atoms with Gasteiger partial charge in [0.2, 0.25) is 0 Å². The minimum atomic E-state index is 0.00247. The normalized spacial score (nSPS) is 9.94. The third-order valence-corrected chi connectivity index (χ3v) is 2.75. The molecule has 1 aromatic carbocycles. The largest absolute Gasteiger partial charge is 0.392 e. The van der Waals surface area contributed by atoms with Gasteiger partial charge in [0.25, 0.3) is 0 Å². The van der Waals surface area contributed by atoms with Crippen LogP contribution in [0, 0.1) is 11.3 Å². The molecule has 84 valence electrons. The van der Waals surface area contributed by atoms with E-state index in [1.807, 2.05) is 30.3 Å². The Bertz CT molecular complexity index is 573. The summed E-state index contributed by atoms with van der Waals surface area (Å²) in [5.41, 5.74) is 2.82. The molecule has 3 nitrogen and oxygen atoms in total. The Kier molecular flexibility index (Phi) is 3.38. The maximum atomic E-state index is 9.05. The molecule has 4 heteroatoms. The highest BCUT2D eigenvalue weighted by atomic mass is 35.5. The van der Waals surface area contributed by atoms with Crippen molar-refractivity contribution in [3.63, 3.8) is 0 Å². The van der Waals surface area contributed by atoms with Gasteiger partial charge in [0.1, 0.15) is 11.2 Å². The van der Waals surface area contributed by atoms with Crippen LogP contribution in [0.5, 0.6) is 0 Å². The molecule has 2 aromatic rings. The SMILES string of the molecule is N#Cc1c(-c2ccc(CO)cc2)ccnc1Cl. The van der Waals surface area contributed by atoms with Gasteiger partial charge >= 0.3 is 0 Å². The minimum absolute atomic E-state index is 0.00247. The molecule has 0 spiro atoms. The van der Waals surface area contributed by atoms with Crippen LogP contribution in [0.1, 0.15) is 11.1 Å². The fourth-order valence-corrected chi connectivity index (χ4v) is 1.77. The molecular formula is C13H9ClN2O. The predicted octanol–water partition coefficient (Wildman–Crippen LogP) is 2.77. The number of pyridine rings is 1. The second kappa shape index (κ2) is 4.96. The maximum absolute atomic E-state index is 9.05. The molecule has 0 saturated heterocycles. The molecule has 0 atom stereocenters. The Morgan fingerprint density at radius 2 is 1.94 bits per heavy atom. The van der Waals surface area contributed by atoms with Crippen LogP contribution < -0.4 is 0 Å². The van der Waals surface area contributed by atoms with Gasteiger partial charge in [0.15, 0.2) is 0 Å². The first-order valence-corrected chi connectivity index (χ1v) is 5.39. The first kappa shape index (κ1) is 11.6. The van der Waals surface area contributed by atoms with Crippen LogP contribution >= 0.6 is 11.6 Å². The van der Waals surface area contributed by atoms with Crippen LogP contribution in [0.2, 0.25) is 5.15 Å². The summed E-state index contributed by atoms with van der Waals surface area (Å²) >= 11 is 5.86. The summed E-state index contributed by atoms with van der Waals surface area (Å²) < 4.78 is 0. The summed E-state index contributed by atoms with van der Waals surface area (Å²) in [5, 5.41) is 18.2. The van der Waals surface area contributed by atoms with Crippen LogP contribution in [0.25, 0.3) is 11.1 Å². The third kappa shape index (κ3) is 2.28. The number of halogens is 1. The summed E-state index contributed by atoms with van der Waals surface area (Å²) in [7, 11) is 0. The lowest BCUT2D eigenvalue weighted by molar-refractivity contribution is 0.282. The number of benzene rings is 1. The molecule has 0 aliphatic rings. The molecule has 0 aliphatic carbocycles. The fourth-order valence-electron chi connectivity index (χ4n) is 1.57. The van der Waals surface area contributed by atoms with Gasteiger partial charge in [-0.05, 0) is 17.2 Å². The van der Waals surface area contributed by atoms with E-state index in [9.17, 15) is 0 Å². The number of aromatic nitrogens is 1. The third-order valence-electron chi connectivity index (χ3n) is 2.46. The van der Waals surface area contributed by atoms with Crippen molar-refractivity contribution in [2.45, 2.75) is 6.61 Å². The molecule has 1 heterocycles. The highest BCUT2D eigenvalue weighted by Crippen LogP contribution is 2.27. The van der Waals surface area contributed by atoms with Crippen molar-refractivity contribution in [3.8, 4) is 17.2 Å². The molecule has 17 heavy (non-hydrogen) atoms. The monoisotopic (exact) mass is 244 g/mol. The van der Waals surface area contributed by atoms with Gasteiger partial charge in [-0.3, -0.25) is 0 Å². The van der Waals surface area contributed by atoms with E-state index in [2.05, 4.69) is 4.98 Å². The van der Waals surface area contributed by atoms with Gasteiger partial charge in [-0.15, -0.1) is 0 Å². The number of nitrogens with zero attached hydrogens (tertiary/aromatic N) is 2. The summed E-state index contributed by atoms with van der Waals surface area (Å²) in [6.07, 6.45) is 1.57. The first-order valence-electron chi connectivity index (χ1n) is 5.01. The number of nitriles is 1. The maximum Gasteiger partial charge on any atom is 0.147 e. The first-order chi connectivity index (χ1) is 8.26. The average molecular weight is 245 g/mol. The zero-order valence-electron chi connectivity index (χ0n) is 8.89. The van der Waals surface area contributed by atoms with Crippen molar-refractivity contribution in [1.82, 2.24) is 4.98 Å². The van der Waals surface area contributed by atoms with E-state index in [1.165, 1.54) is 0 Å². The number of hydrogen-bond donors (Lipinski definition) is 1. The Morgan fingerprint density at radius 3 is 2.53 bits per heavy atom. The Hall–Kier alpha value is -1.89. The van der Waals surface area contributed by atoms with E-state index in [-0.39, 0.29) is 11.8 Å². The van der Waals surface area contributed by atoms with Crippen molar-refractivity contribution in [2.75, 3.05) is 0 Å². The summed E-state index contributed by atoms with van der Waals surface area (Å²) in [4.78, 5) is 3.87. The molecule has 0 amide bonds. The average Bonchev–Trinajstić information content (AvgIpc) is 2.38. The molecule has 1 aromatic heterocycles. The highest BCUT2D eigenvalue weighted by molar-refractivity contribution is 6.30. The van der Waals surface area contributed by atoms with Crippen LogP contribution in [0.15, 0.2) is 36.5 Å². The number of hydrogen-bond acceptors (Lipinski definition) is 3. The van der Waals surface area contributed by atoms with Crippen molar-refractivity contribution in [2.24, 2.45) is 0 Å². The zero-order chi connectivity index (χ0) is 12.3. The minimum Gasteiger partial charge on any atom is -0.392 e. The molecule has 2 rings (SSSR count). The molecule has 0 fully saturated rings. The molecular weight excluding hydrogens is 236 g/mol. The van der Waals surface area contributed by atoms with Gasteiger partial charge in [-0.1, -0.05) is 35.9 Å². The smallest absolute Gasteiger partial charge is 0.147 e. The van der Waals surface area contributed by atoms with E-state index in [4.69, 9.17) is 22.0 Å². The second-order valence-electron chi connectivity index (χ2n) is 3.49. The molecule has 1 N–H and O–H groups in total. The van der Waals surface area contributed by atoms with Gasteiger partial charge in [-0.2, -0.15) is 5.26 Å². The number of aliphatic hydroxyl groups is 1. The highest BCUT2D eigenvalue weighted by Gasteiger charge is 2.09. The van der Waals surface area contributed by atoms with Gasteiger partial charge in [0, 0.05) is 11.8 Å². The van der Waals surface area contributed by atoms with Gasteiger partial charge in [-0.25, -0.2) is 4.98 Å². The van der Waals surface area contributed by atoms with E-state index in [0.29, 0.717) is 5.56 Å². The van der Waals surface area contributed by atoms with Crippen molar-refractivity contribution >= 4 is 11.6 Å². The van der Waals surface area contributed by atoms with E-state index in [1.54, 1.807) is 12.3 Å². The Balaban J connectivity index is 2.53. The van der Waals surface area contributed by atoms with E-state index in [0.717, 1.165) is 16.7 Å². The molecule has 0 aliphatic heterocycles. The van der Waals surface area contributed by atoms with Gasteiger partial charge in [0.05, 0.1) is 12.2 Å². The Labute approximate surface area is 104 Å². The van der Waals surface area contributed by atoms with Crippen LogP contribution in [0.4, 0.5) is 0 Å². The predicted molar refractivity (Wildman–Crippen MR) is 65.3 cm³/mol. The lowest BCUT2D eigenvalue weighted by Gasteiger charge is -2.05. The number of rotatable bonds is 2. The number of aliphatic hydroxyl groups excluding tert-OH is 1. The lowest BCUT2D eigenvalue weighted by atomic mass is 10.0. The van der Waals surface area contributed by atoms with E-state index >= 15 is 0 Å². The molecule has 0 unspecified atom stereocenters. The molecule has 0 radical (unpaired) electrons. The fraction of sp³-hybridized carbons (Fsp3) is 0.0769. The topological polar surface area (TPSA) is 56.9 Å². The van der Waals surface area contributed by atoms with E-state index < -0.39 is 0 Å². The molecule has 0 bridgehead atoms. The van der Waals surface area contributed by atoms with Crippen molar-refractivity contribution < 1.29 is 5.11 Å².